The van der Waals surface area contributed by atoms with Gasteiger partial charge in [-0.2, -0.15) is 0 Å². The van der Waals surface area contributed by atoms with Crippen LogP contribution in [0, 0.1) is 5.82 Å². The van der Waals surface area contributed by atoms with Crippen molar-refractivity contribution in [3.8, 4) is 0 Å². The molecule has 134 valence electrons. The number of carbonyl (C=O) groups is 2. The number of amides is 2. The average molecular weight is 390 g/mol. The number of thiocarbonyl (C=S) groups is 1. The van der Waals surface area contributed by atoms with E-state index in [4.69, 9.17) is 12.2 Å². The molecule has 2 N–H and O–H groups in total. The van der Waals surface area contributed by atoms with Gasteiger partial charge < -0.3 is 10.3 Å². The summed E-state index contributed by atoms with van der Waals surface area (Å²) in [5.41, 5.74) is 1.21. The zero-order chi connectivity index (χ0) is 18.5. The Labute approximate surface area is 158 Å². The molecule has 0 unspecified atom stereocenters. The van der Waals surface area contributed by atoms with Crippen LogP contribution in [0.5, 0.6) is 0 Å². The number of hydrogen-bond donors (Lipinski definition) is 2. The van der Waals surface area contributed by atoms with Crippen molar-refractivity contribution in [3.05, 3.63) is 58.8 Å². The van der Waals surface area contributed by atoms with E-state index in [-0.39, 0.29) is 16.8 Å². The SMILES string of the molecule is O=C(CN1C(=O)/C(=C\c2ccccc2F)SC1=S)NCCc1cnc[nH]1. The maximum atomic E-state index is 13.7. The molecule has 0 atom stereocenters. The number of benzene rings is 1. The summed E-state index contributed by atoms with van der Waals surface area (Å²) in [6, 6.07) is 6.15. The molecule has 1 aromatic heterocycles. The molecule has 1 aliphatic rings. The normalized spacial score (nSPS) is 15.7. The van der Waals surface area contributed by atoms with Crippen LogP contribution in [0.2, 0.25) is 0 Å². The summed E-state index contributed by atoms with van der Waals surface area (Å²) < 4.78 is 14.0. The topological polar surface area (TPSA) is 78.1 Å². The van der Waals surface area contributed by atoms with Crippen LogP contribution in [-0.2, 0) is 16.0 Å². The number of rotatable bonds is 6. The number of aromatic amines is 1. The number of H-pyrrole nitrogens is 1. The minimum atomic E-state index is -0.422. The second-order valence-corrected chi connectivity index (χ2v) is 7.14. The van der Waals surface area contributed by atoms with Crippen LogP contribution in [0.25, 0.3) is 6.08 Å². The summed E-state index contributed by atoms with van der Waals surface area (Å²) in [5.74, 6) is -1.13. The molecule has 0 bridgehead atoms. The summed E-state index contributed by atoms with van der Waals surface area (Å²) in [6.07, 6.45) is 5.31. The van der Waals surface area contributed by atoms with Gasteiger partial charge in [0.1, 0.15) is 16.7 Å². The Kier molecular flexibility index (Phi) is 5.79. The van der Waals surface area contributed by atoms with Gasteiger partial charge >= 0.3 is 0 Å². The summed E-state index contributed by atoms with van der Waals surface area (Å²) in [7, 11) is 0. The zero-order valence-electron chi connectivity index (χ0n) is 13.6. The van der Waals surface area contributed by atoms with Crippen molar-refractivity contribution < 1.29 is 14.0 Å². The molecular formula is C17H15FN4O2S2. The van der Waals surface area contributed by atoms with E-state index in [2.05, 4.69) is 15.3 Å². The van der Waals surface area contributed by atoms with Gasteiger partial charge in [-0.15, -0.1) is 0 Å². The third kappa shape index (κ3) is 4.36. The molecular weight excluding hydrogens is 375 g/mol. The largest absolute Gasteiger partial charge is 0.354 e. The second-order valence-electron chi connectivity index (χ2n) is 5.47. The molecule has 1 fully saturated rings. The number of imidazole rings is 1. The fourth-order valence-electron chi connectivity index (χ4n) is 2.33. The lowest BCUT2D eigenvalue weighted by Gasteiger charge is -2.14. The molecule has 1 aliphatic heterocycles. The van der Waals surface area contributed by atoms with Crippen LogP contribution in [0.4, 0.5) is 4.39 Å². The minimum absolute atomic E-state index is 0.164. The van der Waals surface area contributed by atoms with Crippen LogP contribution in [0.15, 0.2) is 41.7 Å². The van der Waals surface area contributed by atoms with Crippen LogP contribution in [0.3, 0.4) is 0 Å². The number of nitrogens with one attached hydrogen (secondary N) is 2. The predicted octanol–water partition coefficient (Wildman–Crippen LogP) is 2.11. The van der Waals surface area contributed by atoms with Crippen molar-refractivity contribution in [2.75, 3.05) is 13.1 Å². The molecule has 26 heavy (non-hydrogen) atoms. The van der Waals surface area contributed by atoms with Crippen molar-refractivity contribution in [1.82, 2.24) is 20.2 Å². The van der Waals surface area contributed by atoms with E-state index in [0.717, 1.165) is 17.5 Å². The third-order valence-electron chi connectivity index (χ3n) is 3.64. The number of halogens is 1. The summed E-state index contributed by atoms with van der Waals surface area (Å²) in [4.78, 5) is 32.9. The highest BCUT2D eigenvalue weighted by Gasteiger charge is 2.33. The fourth-order valence-corrected chi connectivity index (χ4v) is 3.57. The smallest absolute Gasteiger partial charge is 0.266 e. The monoisotopic (exact) mass is 390 g/mol. The first-order valence-corrected chi connectivity index (χ1v) is 9.01. The van der Waals surface area contributed by atoms with Crippen LogP contribution >= 0.6 is 24.0 Å². The van der Waals surface area contributed by atoms with Gasteiger partial charge in [0.05, 0.1) is 11.2 Å². The van der Waals surface area contributed by atoms with Crippen molar-refractivity contribution in [1.29, 1.82) is 0 Å². The summed E-state index contributed by atoms with van der Waals surface area (Å²) in [6.45, 7) is 0.253. The van der Waals surface area contributed by atoms with E-state index in [9.17, 15) is 14.0 Å². The first-order valence-electron chi connectivity index (χ1n) is 7.78. The molecule has 3 rings (SSSR count). The highest BCUT2D eigenvalue weighted by molar-refractivity contribution is 8.26. The predicted molar refractivity (Wildman–Crippen MR) is 102 cm³/mol. The van der Waals surface area contributed by atoms with Crippen molar-refractivity contribution >= 4 is 46.2 Å². The first-order chi connectivity index (χ1) is 12.5. The molecule has 2 amide bonds. The van der Waals surface area contributed by atoms with E-state index in [0.29, 0.717) is 23.4 Å². The Hall–Kier alpha value is -2.52. The van der Waals surface area contributed by atoms with E-state index < -0.39 is 11.7 Å². The fraction of sp³-hybridized carbons (Fsp3) is 0.176. The Morgan fingerprint density at radius 2 is 2.23 bits per heavy atom. The molecule has 1 aromatic carbocycles. The molecule has 2 aromatic rings. The number of thioether (sulfide) groups is 1. The maximum absolute atomic E-state index is 13.7. The van der Waals surface area contributed by atoms with Crippen LogP contribution in [-0.4, -0.2) is 44.1 Å². The Bertz CT molecular complexity index is 867. The van der Waals surface area contributed by atoms with Gasteiger partial charge in [-0.1, -0.05) is 42.2 Å². The van der Waals surface area contributed by atoms with Gasteiger partial charge in [0.15, 0.2) is 0 Å². The Morgan fingerprint density at radius 3 is 2.96 bits per heavy atom. The third-order valence-corrected chi connectivity index (χ3v) is 5.02. The number of carbonyl (C=O) groups excluding carboxylic acids is 2. The van der Waals surface area contributed by atoms with E-state index in [1.54, 1.807) is 30.7 Å². The van der Waals surface area contributed by atoms with E-state index in [1.165, 1.54) is 17.0 Å². The van der Waals surface area contributed by atoms with Gasteiger partial charge in [0.25, 0.3) is 5.91 Å². The first kappa shape index (κ1) is 18.3. The summed E-state index contributed by atoms with van der Waals surface area (Å²) >= 11 is 6.24. The molecule has 0 radical (unpaired) electrons. The van der Waals surface area contributed by atoms with Gasteiger partial charge in [0, 0.05) is 30.4 Å². The molecule has 0 spiro atoms. The van der Waals surface area contributed by atoms with E-state index >= 15 is 0 Å². The Morgan fingerprint density at radius 1 is 1.42 bits per heavy atom. The molecule has 9 heteroatoms. The molecule has 2 heterocycles. The second kappa shape index (κ2) is 8.24. The van der Waals surface area contributed by atoms with E-state index in [1.807, 2.05) is 0 Å². The van der Waals surface area contributed by atoms with Crippen molar-refractivity contribution in [2.45, 2.75) is 6.42 Å². The van der Waals surface area contributed by atoms with Crippen LogP contribution in [0.1, 0.15) is 11.3 Å². The van der Waals surface area contributed by atoms with Crippen molar-refractivity contribution in [2.24, 2.45) is 0 Å². The lowest BCUT2D eigenvalue weighted by molar-refractivity contribution is -0.128. The molecule has 1 saturated heterocycles. The molecule has 0 saturated carbocycles. The lowest BCUT2D eigenvalue weighted by Crippen LogP contribution is -2.40. The number of hydrogen-bond acceptors (Lipinski definition) is 5. The highest BCUT2D eigenvalue weighted by atomic mass is 32.2. The minimum Gasteiger partial charge on any atom is -0.354 e. The van der Waals surface area contributed by atoms with Gasteiger partial charge in [0.2, 0.25) is 5.91 Å². The molecule has 6 nitrogen and oxygen atoms in total. The van der Waals surface area contributed by atoms with Gasteiger partial charge in [-0.25, -0.2) is 9.37 Å². The highest BCUT2D eigenvalue weighted by Crippen LogP contribution is 2.32. The van der Waals surface area contributed by atoms with Crippen LogP contribution < -0.4 is 5.32 Å². The number of aromatic nitrogens is 2. The van der Waals surface area contributed by atoms with Gasteiger partial charge in [-0.05, 0) is 12.1 Å². The standard InChI is InChI=1S/C17H15FN4O2S2/c18-13-4-2-1-3-11(13)7-14-16(24)22(17(25)26-14)9-15(23)20-6-5-12-8-19-10-21-12/h1-4,7-8,10H,5-6,9H2,(H,19,21)(H,20,23)/b14-7+. The molecule has 0 aliphatic carbocycles. The maximum Gasteiger partial charge on any atom is 0.266 e. The van der Waals surface area contributed by atoms with Crippen molar-refractivity contribution in [3.63, 3.8) is 0 Å². The van der Waals surface area contributed by atoms with Gasteiger partial charge in [-0.3, -0.25) is 14.5 Å². The lowest BCUT2D eigenvalue weighted by atomic mass is 10.2. The Balaban J connectivity index is 1.58. The quantitative estimate of drug-likeness (QED) is 0.584. The average Bonchev–Trinajstić information content (AvgIpc) is 3.21. The zero-order valence-corrected chi connectivity index (χ0v) is 15.2. The number of nitrogens with zero attached hydrogens (tertiary/aromatic N) is 2. The summed E-state index contributed by atoms with van der Waals surface area (Å²) in [5, 5.41) is 2.73.